The molecule has 1 heterocycles. The highest BCUT2D eigenvalue weighted by Crippen LogP contribution is 2.21. The van der Waals surface area contributed by atoms with Gasteiger partial charge in [-0.25, -0.2) is 0 Å². The standard InChI is InChI=1S/C12H10INO.C2H6/c13-10-5-3-4-9(8-10)12(15)11-6-1-2-7-14-11;1-2/h1-8,12,15H;1-2H3. The van der Waals surface area contributed by atoms with Crippen LogP contribution in [-0.4, -0.2) is 10.1 Å². The highest BCUT2D eigenvalue weighted by Gasteiger charge is 2.10. The van der Waals surface area contributed by atoms with Crippen LogP contribution < -0.4 is 0 Å². The summed E-state index contributed by atoms with van der Waals surface area (Å²) >= 11 is 2.23. The molecule has 0 bridgehead atoms. The van der Waals surface area contributed by atoms with Gasteiger partial charge in [-0.1, -0.05) is 32.0 Å². The van der Waals surface area contributed by atoms with Crippen molar-refractivity contribution in [3.63, 3.8) is 0 Å². The predicted molar refractivity (Wildman–Crippen MR) is 78.8 cm³/mol. The van der Waals surface area contributed by atoms with Crippen molar-refractivity contribution in [3.8, 4) is 0 Å². The molecule has 0 saturated heterocycles. The molecule has 2 aromatic rings. The van der Waals surface area contributed by atoms with E-state index in [-0.39, 0.29) is 0 Å². The predicted octanol–water partition coefficient (Wildman–Crippen LogP) is 3.79. The molecule has 90 valence electrons. The smallest absolute Gasteiger partial charge is 0.121 e. The Morgan fingerprint density at radius 2 is 1.88 bits per heavy atom. The Kier molecular flexibility index (Phi) is 6.15. The summed E-state index contributed by atoms with van der Waals surface area (Å²) in [7, 11) is 0. The van der Waals surface area contributed by atoms with E-state index in [0.29, 0.717) is 5.69 Å². The van der Waals surface area contributed by atoms with E-state index in [1.807, 2.05) is 56.3 Å². The molecule has 0 radical (unpaired) electrons. The lowest BCUT2D eigenvalue weighted by molar-refractivity contribution is 0.215. The van der Waals surface area contributed by atoms with Gasteiger partial charge in [0, 0.05) is 9.77 Å². The number of aromatic nitrogens is 1. The maximum absolute atomic E-state index is 10.1. The van der Waals surface area contributed by atoms with E-state index in [0.717, 1.165) is 9.13 Å². The fourth-order valence-electron chi connectivity index (χ4n) is 1.39. The molecule has 3 heteroatoms. The van der Waals surface area contributed by atoms with Gasteiger partial charge in [-0.3, -0.25) is 4.98 Å². The number of pyridine rings is 1. The number of rotatable bonds is 2. The van der Waals surface area contributed by atoms with Crippen LogP contribution in [0.1, 0.15) is 31.2 Å². The summed E-state index contributed by atoms with van der Waals surface area (Å²) in [6.45, 7) is 4.00. The molecular weight excluding hydrogens is 325 g/mol. The van der Waals surface area contributed by atoms with E-state index in [1.54, 1.807) is 6.20 Å². The van der Waals surface area contributed by atoms with Crippen LogP contribution in [0.4, 0.5) is 0 Å². The molecule has 0 spiro atoms. The highest BCUT2D eigenvalue weighted by molar-refractivity contribution is 14.1. The Labute approximate surface area is 116 Å². The number of nitrogens with zero attached hydrogens (tertiary/aromatic N) is 1. The molecule has 1 N–H and O–H groups in total. The van der Waals surface area contributed by atoms with Crippen molar-refractivity contribution in [2.24, 2.45) is 0 Å². The second kappa shape index (κ2) is 7.40. The Bertz CT molecular complexity index is 445. The van der Waals surface area contributed by atoms with Gasteiger partial charge in [0.25, 0.3) is 0 Å². The summed E-state index contributed by atoms with van der Waals surface area (Å²) in [5.74, 6) is 0. The van der Waals surface area contributed by atoms with Crippen LogP contribution in [0.25, 0.3) is 0 Å². The average molecular weight is 341 g/mol. The monoisotopic (exact) mass is 341 g/mol. The van der Waals surface area contributed by atoms with Crippen LogP contribution in [0.2, 0.25) is 0 Å². The lowest BCUT2D eigenvalue weighted by Gasteiger charge is -2.10. The minimum atomic E-state index is -0.638. The van der Waals surface area contributed by atoms with Crippen molar-refractivity contribution < 1.29 is 5.11 Å². The number of hydrogen-bond acceptors (Lipinski definition) is 2. The summed E-state index contributed by atoms with van der Waals surface area (Å²) in [5.41, 5.74) is 1.56. The van der Waals surface area contributed by atoms with E-state index >= 15 is 0 Å². The molecule has 0 aliphatic rings. The normalized spacial score (nSPS) is 11.3. The van der Waals surface area contributed by atoms with Gasteiger partial charge in [0.15, 0.2) is 0 Å². The zero-order valence-electron chi connectivity index (χ0n) is 9.97. The first kappa shape index (κ1) is 14.1. The van der Waals surface area contributed by atoms with Crippen molar-refractivity contribution in [1.29, 1.82) is 0 Å². The zero-order valence-corrected chi connectivity index (χ0v) is 12.1. The first-order valence-electron chi connectivity index (χ1n) is 5.62. The van der Waals surface area contributed by atoms with Gasteiger partial charge in [-0.05, 0) is 52.4 Å². The molecule has 1 aromatic carbocycles. The van der Waals surface area contributed by atoms with Crippen molar-refractivity contribution in [2.45, 2.75) is 20.0 Å². The van der Waals surface area contributed by atoms with E-state index in [4.69, 9.17) is 0 Å². The molecule has 1 atom stereocenters. The SMILES string of the molecule is CC.OC(c1cccc(I)c1)c1ccccn1. The largest absolute Gasteiger partial charge is 0.382 e. The lowest BCUT2D eigenvalue weighted by atomic mass is 10.1. The first-order chi connectivity index (χ1) is 8.27. The second-order valence-electron chi connectivity index (χ2n) is 3.21. The van der Waals surface area contributed by atoms with Crippen molar-refractivity contribution in [3.05, 3.63) is 63.5 Å². The minimum Gasteiger partial charge on any atom is -0.382 e. The summed E-state index contributed by atoms with van der Waals surface area (Å²) in [4.78, 5) is 4.13. The summed E-state index contributed by atoms with van der Waals surface area (Å²) in [6.07, 6.45) is 1.05. The Morgan fingerprint density at radius 3 is 2.47 bits per heavy atom. The summed E-state index contributed by atoms with van der Waals surface area (Å²) < 4.78 is 1.11. The van der Waals surface area contributed by atoms with Gasteiger partial charge in [0.2, 0.25) is 0 Å². The van der Waals surface area contributed by atoms with Crippen LogP contribution in [0.15, 0.2) is 48.7 Å². The third kappa shape index (κ3) is 4.09. The minimum absolute atomic E-state index is 0.638. The van der Waals surface area contributed by atoms with Gasteiger partial charge in [0.1, 0.15) is 6.10 Å². The average Bonchev–Trinajstić information content (AvgIpc) is 2.41. The fraction of sp³-hybridized carbons (Fsp3) is 0.214. The van der Waals surface area contributed by atoms with Crippen LogP contribution in [-0.2, 0) is 0 Å². The van der Waals surface area contributed by atoms with E-state index in [9.17, 15) is 5.11 Å². The van der Waals surface area contributed by atoms with E-state index < -0.39 is 6.10 Å². The molecule has 0 amide bonds. The second-order valence-corrected chi connectivity index (χ2v) is 4.46. The van der Waals surface area contributed by atoms with Crippen LogP contribution in [0.3, 0.4) is 0 Å². The zero-order chi connectivity index (χ0) is 12.7. The molecule has 0 aliphatic heterocycles. The van der Waals surface area contributed by atoms with Crippen LogP contribution in [0.5, 0.6) is 0 Å². The molecule has 0 saturated carbocycles. The maximum atomic E-state index is 10.1. The Hall–Kier alpha value is -0.940. The Morgan fingerprint density at radius 1 is 1.12 bits per heavy atom. The molecule has 2 rings (SSSR count). The summed E-state index contributed by atoms with van der Waals surface area (Å²) in [5, 5.41) is 10.1. The van der Waals surface area contributed by atoms with Gasteiger partial charge < -0.3 is 5.11 Å². The summed E-state index contributed by atoms with van der Waals surface area (Å²) in [6, 6.07) is 13.3. The number of benzene rings is 1. The topological polar surface area (TPSA) is 33.1 Å². The first-order valence-corrected chi connectivity index (χ1v) is 6.70. The number of hydrogen-bond donors (Lipinski definition) is 1. The molecule has 2 nitrogen and oxygen atoms in total. The lowest BCUT2D eigenvalue weighted by Crippen LogP contribution is -2.01. The Balaban J connectivity index is 0.000000686. The molecular formula is C14H16INO. The highest BCUT2D eigenvalue weighted by atomic mass is 127. The van der Waals surface area contributed by atoms with E-state index in [2.05, 4.69) is 27.6 Å². The molecule has 0 aliphatic carbocycles. The van der Waals surface area contributed by atoms with E-state index in [1.165, 1.54) is 0 Å². The van der Waals surface area contributed by atoms with Crippen molar-refractivity contribution in [2.75, 3.05) is 0 Å². The van der Waals surface area contributed by atoms with Crippen LogP contribution >= 0.6 is 22.6 Å². The number of aliphatic hydroxyl groups excluding tert-OH is 1. The fourth-order valence-corrected chi connectivity index (χ4v) is 1.95. The molecule has 17 heavy (non-hydrogen) atoms. The van der Waals surface area contributed by atoms with Crippen molar-refractivity contribution >= 4 is 22.6 Å². The maximum Gasteiger partial charge on any atom is 0.121 e. The van der Waals surface area contributed by atoms with Gasteiger partial charge in [0.05, 0.1) is 5.69 Å². The third-order valence-electron chi connectivity index (χ3n) is 2.13. The number of aliphatic hydroxyl groups is 1. The molecule has 1 aromatic heterocycles. The quantitative estimate of drug-likeness (QED) is 0.843. The van der Waals surface area contributed by atoms with Gasteiger partial charge in [-0.15, -0.1) is 0 Å². The van der Waals surface area contributed by atoms with Crippen LogP contribution in [0, 0.1) is 3.57 Å². The number of halogens is 1. The van der Waals surface area contributed by atoms with Crippen molar-refractivity contribution in [1.82, 2.24) is 4.98 Å². The molecule has 1 unspecified atom stereocenters. The molecule has 0 fully saturated rings. The van der Waals surface area contributed by atoms with Gasteiger partial charge >= 0.3 is 0 Å². The van der Waals surface area contributed by atoms with Gasteiger partial charge in [-0.2, -0.15) is 0 Å². The third-order valence-corrected chi connectivity index (χ3v) is 2.80.